The summed E-state index contributed by atoms with van der Waals surface area (Å²) in [7, 11) is 0. The van der Waals surface area contributed by atoms with Crippen LogP contribution in [-0.4, -0.2) is 48.0 Å². The molecule has 0 radical (unpaired) electrons. The Morgan fingerprint density at radius 2 is 2.33 bits per heavy atom. The largest absolute Gasteiger partial charge is 0.395 e. The van der Waals surface area contributed by atoms with Gasteiger partial charge < -0.3 is 14.7 Å². The van der Waals surface area contributed by atoms with Crippen LogP contribution in [0.3, 0.4) is 0 Å². The molecule has 0 saturated carbocycles. The van der Waals surface area contributed by atoms with E-state index in [1.165, 1.54) is 0 Å². The maximum Gasteiger partial charge on any atom is 0.132 e. The molecule has 1 aliphatic rings. The number of nitrogens with zero attached hydrogens (tertiary/aromatic N) is 3. The Kier molecular flexibility index (Phi) is 4.90. The van der Waals surface area contributed by atoms with Crippen LogP contribution in [0.15, 0.2) is 12.4 Å². The number of rotatable bonds is 6. The summed E-state index contributed by atoms with van der Waals surface area (Å²) < 4.78 is 5.39. The Bertz CT molecular complexity index is 361. The van der Waals surface area contributed by atoms with E-state index >= 15 is 0 Å². The van der Waals surface area contributed by atoms with E-state index in [4.69, 9.17) is 9.84 Å². The Balaban J connectivity index is 2.13. The Labute approximate surface area is 108 Å². The fourth-order valence-corrected chi connectivity index (χ4v) is 2.26. The molecule has 0 amide bonds. The van der Waals surface area contributed by atoms with Crippen molar-refractivity contribution < 1.29 is 9.84 Å². The van der Waals surface area contributed by atoms with Gasteiger partial charge in [-0.05, 0) is 12.8 Å². The molecular formula is C13H21N3O2. The second-order valence-electron chi connectivity index (χ2n) is 4.57. The lowest BCUT2D eigenvalue weighted by Crippen LogP contribution is -2.28. The van der Waals surface area contributed by atoms with Gasteiger partial charge in [0.1, 0.15) is 12.1 Å². The van der Waals surface area contributed by atoms with Crippen molar-refractivity contribution in [3.05, 3.63) is 18.1 Å². The summed E-state index contributed by atoms with van der Waals surface area (Å²) in [4.78, 5) is 10.8. The zero-order valence-electron chi connectivity index (χ0n) is 10.9. The molecule has 0 unspecified atom stereocenters. The van der Waals surface area contributed by atoms with Crippen molar-refractivity contribution >= 4 is 5.82 Å². The van der Waals surface area contributed by atoms with Gasteiger partial charge in [-0.3, -0.25) is 0 Å². The first-order valence-electron chi connectivity index (χ1n) is 6.60. The fourth-order valence-electron chi connectivity index (χ4n) is 2.26. The average molecular weight is 251 g/mol. The van der Waals surface area contributed by atoms with Crippen LogP contribution in [0.2, 0.25) is 0 Å². The molecule has 1 N–H and O–H groups in total. The molecule has 1 aromatic rings. The number of hydrogen-bond acceptors (Lipinski definition) is 5. The van der Waals surface area contributed by atoms with Crippen molar-refractivity contribution in [3.63, 3.8) is 0 Å². The molecule has 2 rings (SSSR count). The van der Waals surface area contributed by atoms with Gasteiger partial charge in [-0.15, -0.1) is 0 Å². The normalized spacial score (nSPS) is 19.1. The molecule has 0 spiro atoms. The lowest BCUT2D eigenvalue weighted by molar-refractivity contribution is 0.193. The Hall–Kier alpha value is -1.20. The molecule has 1 fully saturated rings. The number of ether oxygens (including phenoxy) is 1. The monoisotopic (exact) mass is 251 g/mol. The zero-order chi connectivity index (χ0) is 12.8. The fraction of sp³-hybridized carbons (Fsp3) is 0.692. The minimum atomic E-state index is 0.145. The minimum Gasteiger partial charge on any atom is -0.395 e. The molecule has 0 aromatic carbocycles. The second kappa shape index (κ2) is 6.66. The van der Waals surface area contributed by atoms with E-state index in [9.17, 15) is 0 Å². The zero-order valence-corrected chi connectivity index (χ0v) is 10.9. The molecular weight excluding hydrogens is 230 g/mol. The molecule has 1 aliphatic heterocycles. The van der Waals surface area contributed by atoms with E-state index < -0.39 is 0 Å². The van der Waals surface area contributed by atoms with Crippen LogP contribution >= 0.6 is 0 Å². The van der Waals surface area contributed by atoms with Crippen LogP contribution in [-0.2, 0) is 4.74 Å². The highest BCUT2D eigenvalue weighted by Crippen LogP contribution is 2.25. The minimum absolute atomic E-state index is 0.145. The van der Waals surface area contributed by atoms with Gasteiger partial charge in [-0.2, -0.15) is 0 Å². The first-order valence-corrected chi connectivity index (χ1v) is 6.60. The summed E-state index contributed by atoms with van der Waals surface area (Å²) in [6, 6.07) is 2.03. The van der Waals surface area contributed by atoms with Crippen LogP contribution in [0.4, 0.5) is 5.82 Å². The summed E-state index contributed by atoms with van der Waals surface area (Å²) in [5.41, 5.74) is 1.05. The molecule has 0 bridgehead atoms. The van der Waals surface area contributed by atoms with Gasteiger partial charge in [0.15, 0.2) is 0 Å². The van der Waals surface area contributed by atoms with E-state index in [0.29, 0.717) is 12.5 Å². The number of aromatic nitrogens is 2. The molecule has 1 aromatic heterocycles. The van der Waals surface area contributed by atoms with Gasteiger partial charge in [-0.25, -0.2) is 9.97 Å². The highest BCUT2D eigenvalue weighted by molar-refractivity contribution is 5.39. The summed E-state index contributed by atoms with van der Waals surface area (Å²) in [6.45, 7) is 5.36. The highest BCUT2D eigenvalue weighted by atomic mass is 16.5. The van der Waals surface area contributed by atoms with Gasteiger partial charge in [-0.1, -0.05) is 6.92 Å². The Morgan fingerprint density at radius 1 is 1.44 bits per heavy atom. The molecule has 2 heterocycles. The van der Waals surface area contributed by atoms with E-state index in [0.717, 1.165) is 44.1 Å². The van der Waals surface area contributed by atoms with Crippen molar-refractivity contribution in [2.45, 2.75) is 25.7 Å². The third kappa shape index (κ3) is 3.17. The SMILES string of the molecule is CCCN(CCO)c1cc([C@H]2CCOC2)ncn1. The standard InChI is InChI=1S/C13H21N3O2/c1-2-4-16(5-6-17)13-8-12(14-10-15-13)11-3-7-18-9-11/h8,10-11,17H,2-7,9H2,1H3/t11-/m0/s1. The van der Waals surface area contributed by atoms with Gasteiger partial charge in [0, 0.05) is 31.7 Å². The number of aliphatic hydroxyl groups excluding tert-OH is 1. The van der Waals surface area contributed by atoms with Crippen molar-refractivity contribution in [1.82, 2.24) is 9.97 Å². The topological polar surface area (TPSA) is 58.5 Å². The van der Waals surface area contributed by atoms with Gasteiger partial charge >= 0.3 is 0 Å². The number of hydrogen-bond donors (Lipinski definition) is 1. The predicted octanol–water partition coefficient (Wildman–Crippen LogP) is 1.19. The summed E-state index contributed by atoms with van der Waals surface area (Å²) in [5.74, 6) is 1.30. The molecule has 18 heavy (non-hydrogen) atoms. The van der Waals surface area contributed by atoms with Crippen LogP contribution in [0, 0.1) is 0 Å². The smallest absolute Gasteiger partial charge is 0.132 e. The lowest BCUT2D eigenvalue weighted by Gasteiger charge is -2.22. The average Bonchev–Trinajstić information content (AvgIpc) is 2.93. The van der Waals surface area contributed by atoms with Crippen LogP contribution in [0.1, 0.15) is 31.4 Å². The molecule has 100 valence electrons. The maximum absolute atomic E-state index is 9.10. The van der Waals surface area contributed by atoms with Crippen molar-refractivity contribution in [3.8, 4) is 0 Å². The van der Waals surface area contributed by atoms with Gasteiger partial charge in [0.25, 0.3) is 0 Å². The maximum atomic E-state index is 9.10. The van der Waals surface area contributed by atoms with Crippen LogP contribution in [0.25, 0.3) is 0 Å². The number of anilines is 1. The van der Waals surface area contributed by atoms with Crippen molar-refractivity contribution in [2.24, 2.45) is 0 Å². The van der Waals surface area contributed by atoms with Crippen LogP contribution in [0.5, 0.6) is 0 Å². The second-order valence-corrected chi connectivity index (χ2v) is 4.57. The molecule has 1 saturated heterocycles. The summed E-state index contributed by atoms with van der Waals surface area (Å²) >= 11 is 0. The molecule has 5 nitrogen and oxygen atoms in total. The van der Waals surface area contributed by atoms with E-state index in [2.05, 4.69) is 21.8 Å². The quantitative estimate of drug-likeness (QED) is 0.823. The third-order valence-electron chi connectivity index (χ3n) is 3.21. The number of aliphatic hydroxyl groups is 1. The Morgan fingerprint density at radius 3 is 3.00 bits per heavy atom. The van der Waals surface area contributed by atoms with E-state index in [1.54, 1.807) is 6.33 Å². The first kappa shape index (κ1) is 13.2. The predicted molar refractivity (Wildman–Crippen MR) is 69.8 cm³/mol. The highest BCUT2D eigenvalue weighted by Gasteiger charge is 2.20. The lowest BCUT2D eigenvalue weighted by atomic mass is 10.0. The molecule has 5 heteroatoms. The van der Waals surface area contributed by atoms with Crippen molar-refractivity contribution in [1.29, 1.82) is 0 Å². The molecule has 0 aliphatic carbocycles. The van der Waals surface area contributed by atoms with Crippen molar-refractivity contribution in [2.75, 3.05) is 37.8 Å². The van der Waals surface area contributed by atoms with E-state index in [-0.39, 0.29) is 6.61 Å². The molecule has 1 atom stereocenters. The third-order valence-corrected chi connectivity index (χ3v) is 3.21. The summed E-state index contributed by atoms with van der Waals surface area (Å²) in [5, 5.41) is 9.10. The van der Waals surface area contributed by atoms with E-state index in [1.807, 2.05) is 6.07 Å². The first-order chi connectivity index (χ1) is 8.85. The van der Waals surface area contributed by atoms with Gasteiger partial charge in [0.2, 0.25) is 0 Å². The van der Waals surface area contributed by atoms with Crippen LogP contribution < -0.4 is 4.90 Å². The van der Waals surface area contributed by atoms with Gasteiger partial charge in [0.05, 0.1) is 18.9 Å². The summed E-state index contributed by atoms with van der Waals surface area (Å²) in [6.07, 6.45) is 3.68.